The molecule has 3 heterocycles. The van der Waals surface area contributed by atoms with Gasteiger partial charge in [0.05, 0.1) is 6.20 Å². The van der Waals surface area contributed by atoms with Gasteiger partial charge in [0.25, 0.3) is 5.56 Å². The van der Waals surface area contributed by atoms with Crippen LogP contribution >= 0.6 is 0 Å². The first-order chi connectivity index (χ1) is 10.6. The molecule has 0 aliphatic rings. The molecular formula is C14H17N5O4. The average molecular weight is 319 g/mol. The average Bonchev–Trinajstić information content (AvgIpc) is 2.97. The van der Waals surface area contributed by atoms with Gasteiger partial charge in [0, 0.05) is 12.5 Å². The summed E-state index contributed by atoms with van der Waals surface area (Å²) in [4.78, 5) is 40.2. The molecule has 9 nitrogen and oxygen atoms in total. The molecule has 2 N–H and O–H groups in total. The van der Waals surface area contributed by atoms with E-state index in [4.69, 9.17) is 10.2 Å². The minimum Gasteiger partial charge on any atom is -0.428 e. The van der Waals surface area contributed by atoms with Gasteiger partial charge in [-0.25, -0.2) is 9.36 Å². The summed E-state index contributed by atoms with van der Waals surface area (Å²) in [5, 5.41) is 0. The van der Waals surface area contributed by atoms with E-state index in [0.29, 0.717) is 5.76 Å². The molecule has 0 aliphatic carbocycles. The predicted octanol–water partition coefficient (Wildman–Crippen LogP) is -0.276. The monoisotopic (exact) mass is 319 g/mol. The zero-order valence-electron chi connectivity index (χ0n) is 13.3. The van der Waals surface area contributed by atoms with Crippen LogP contribution in [0.15, 0.2) is 20.2 Å². The van der Waals surface area contributed by atoms with E-state index in [1.165, 1.54) is 16.0 Å². The fourth-order valence-corrected chi connectivity index (χ4v) is 2.40. The molecule has 0 atom stereocenters. The Hall–Kier alpha value is -2.84. The maximum atomic E-state index is 12.6. The van der Waals surface area contributed by atoms with Crippen LogP contribution in [0.3, 0.4) is 0 Å². The highest BCUT2D eigenvalue weighted by atomic mass is 16.4. The molecule has 0 saturated heterocycles. The van der Waals surface area contributed by atoms with E-state index in [9.17, 15) is 14.4 Å². The van der Waals surface area contributed by atoms with Crippen LogP contribution in [-0.4, -0.2) is 24.4 Å². The van der Waals surface area contributed by atoms with Crippen molar-refractivity contribution < 1.29 is 9.21 Å². The van der Waals surface area contributed by atoms with Gasteiger partial charge in [-0.1, -0.05) is 20.8 Å². The highest BCUT2D eigenvalue weighted by Gasteiger charge is 2.24. The predicted molar refractivity (Wildman–Crippen MR) is 82.4 cm³/mol. The maximum Gasteiger partial charge on any atom is 0.332 e. The minimum atomic E-state index is -0.771. The van der Waals surface area contributed by atoms with Gasteiger partial charge in [-0.15, -0.1) is 0 Å². The number of hydrogen-bond acceptors (Lipinski definition) is 5. The van der Waals surface area contributed by atoms with E-state index >= 15 is 0 Å². The molecule has 0 bridgehead atoms. The van der Waals surface area contributed by atoms with Crippen molar-refractivity contribution in [1.82, 2.24) is 18.5 Å². The van der Waals surface area contributed by atoms with Gasteiger partial charge in [0.1, 0.15) is 12.3 Å². The van der Waals surface area contributed by atoms with Crippen molar-refractivity contribution in [3.05, 3.63) is 32.8 Å². The number of nitrogens with two attached hydrogens (primary N) is 1. The van der Waals surface area contributed by atoms with E-state index in [1.54, 1.807) is 6.20 Å². The van der Waals surface area contributed by atoms with E-state index < -0.39 is 23.7 Å². The Morgan fingerprint density at radius 2 is 2.00 bits per heavy atom. The topological polar surface area (TPSA) is 118 Å². The highest BCUT2D eigenvalue weighted by Crippen LogP contribution is 2.25. The molecule has 122 valence electrons. The zero-order chi connectivity index (χ0) is 17.1. The van der Waals surface area contributed by atoms with Gasteiger partial charge in [0.2, 0.25) is 5.91 Å². The largest absolute Gasteiger partial charge is 0.428 e. The third kappa shape index (κ3) is 2.16. The Morgan fingerprint density at radius 1 is 1.35 bits per heavy atom. The van der Waals surface area contributed by atoms with Gasteiger partial charge < -0.3 is 10.2 Å². The lowest BCUT2D eigenvalue weighted by atomic mass is 9.94. The second-order valence-electron chi connectivity index (χ2n) is 6.48. The SMILES string of the molecule is Cn1c(=O)n(CC(N)=O)c(=O)c2c1nc1oc(C(C)(C)C)cn12. The van der Waals surface area contributed by atoms with Crippen LogP contribution in [-0.2, 0) is 23.8 Å². The molecule has 0 saturated carbocycles. The summed E-state index contributed by atoms with van der Waals surface area (Å²) in [5.41, 5.74) is 3.93. The second kappa shape index (κ2) is 4.58. The third-order valence-corrected chi connectivity index (χ3v) is 3.64. The fraction of sp³-hybridized carbons (Fsp3) is 0.429. The number of fused-ring (bicyclic) bond motifs is 3. The van der Waals surface area contributed by atoms with Gasteiger partial charge in [-0.2, -0.15) is 4.98 Å². The quantitative estimate of drug-likeness (QED) is 0.697. The molecule has 3 rings (SSSR count). The molecule has 0 unspecified atom stereocenters. The molecule has 3 aromatic rings. The number of hydrogen-bond donors (Lipinski definition) is 1. The van der Waals surface area contributed by atoms with E-state index in [2.05, 4.69) is 4.98 Å². The van der Waals surface area contributed by atoms with Crippen LogP contribution in [0.4, 0.5) is 0 Å². The number of carbonyl (C=O) groups excluding carboxylic acids is 1. The standard InChI is InChI=1S/C14H17N5O4/c1-14(2,3)7-5-18-9-10(16-12(18)23-7)17(4)13(22)19(11(9)21)6-8(15)20/h5H,6H2,1-4H3,(H2,15,20). The van der Waals surface area contributed by atoms with Crippen molar-refractivity contribution in [2.45, 2.75) is 32.7 Å². The number of aryl methyl sites for hydroxylation is 1. The van der Waals surface area contributed by atoms with Crippen molar-refractivity contribution in [2.75, 3.05) is 0 Å². The van der Waals surface area contributed by atoms with Crippen molar-refractivity contribution >= 4 is 22.9 Å². The van der Waals surface area contributed by atoms with Gasteiger partial charge in [-0.3, -0.25) is 18.6 Å². The summed E-state index contributed by atoms with van der Waals surface area (Å²) in [6.45, 7) is 5.41. The van der Waals surface area contributed by atoms with Crippen molar-refractivity contribution in [3.63, 3.8) is 0 Å². The first-order valence-corrected chi connectivity index (χ1v) is 7.01. The number of aromatic nitrogens is 4. The number of carbonyl (C=O) groups is 1. The highest BCUT2D eigenvalue weighted by molar-refractivity contribution is 5.76. The zero-order valence-corrected chi connectivity index (χ0v) is 13.3. The molecule has 3 aromatic heterocycles. The number of primary amides is 1. The Bertz CT molecular complexity index is 1060. The lowest BCUT2D eigenvalue weighted by Crippen LogP contribution is -2.42. The number of nitrogens with zero attached hydrogens (tertiary/aromatic N) is 4. The van der Waals surface area contributed by atoms with E-state index in [1.807, 2.05) is 20.8 Å². The molecule has 23 heavy (non-hydrogen) atoms. The first kappa shape index (κ1) is 15.1. The Labute approximate surface area is 129 Å². The summed E-state index contributed by atoms with van der Waals surface area (Å²) < 4.78 is 9.17. The van der Waals surface area contributed by atoms with Gasteiger partial charge in [0.15, 0.2) is 11.2 Å². The Kier molecular flexibility index (Phi) is 3.00. The first-order valence-electron chi connectivity index (χ1n) is 7.01. The van der Waals surface area contributed by atoms with Gasteiger partial charge in [-0.05, 0) is 0 Å². The Morgan fingerprint density at radius 3 is 2.57 bits per heavy atom. The van der Waals surface area contributed by atoms with Crippen LogP contribution in [0.5, 0.6) is 0 Å². The molecule has 0 aromatic carbocycles. The van der Waals surface area contributed by atoms with Crippen molar-refractivity contribution in [3.8, 4) is 0 Å². The molecule has 0 fully saturated rings. The lowest BCUT2D eigenvalue weighted by molar-refractivity contribution is -0.118. The van der Waals surface area contributed by atoms with Gasteiger partial charge >= 0.3 is 11.5 Å². The molecule has 1 amide bonds. The number of imidazole rings is 1. The van der Waals surface area contributed by atoms with Crippen LogP contribution in [0, 0.1) is 0 Å². The lowest BCUT2D eigenvalue weighted by Gasteiger charge is -2.13. The normalized spacial score (nSPS) is 12.3. The second-order valence-corrected chi connectivity index (χ2v) is 6.48. The molecule has 0 aliphatic heterocycles. The minimum absolute atomic E-state index is 0.169. The molecule has 9 heteroatoms. The summed E-state index contributed by atoms with van der Waals surface area (Å²) >= 11 is 0. The van der Waals surface area contributed by atoms with E-state index in [0.717, 1.165) is 4.57 Å². The molecular weight excluding hydrogens is 302 g/mol. The summed E-state index contributed by atoms with van der Waals surface area (Å²) in [6.07, 6.45) is 1.67. The molecule has 0 spiro atoms. The van der Waals surface area contributed by atoms with Crippen LogP contribution < -0.4 is 17.0 Å². The smallest absolute Gasteiger partial charge is 0.332 e. The fourth-order valence-electron chi connectivity index (χ4n) is 2.40. The summed E-state index contributed by atoms with van der Waals surface area (Å²) in [6, 6.07) is 0. The third-order valence-electron chi connectivity index (χ3n) is 3.64. The van der Waals surface area contributed by atoms with Crippen molar-refractivity contribution in [2.24, 2.45) is 12.8 Å². The summed E-state index contributed by atoms with van der Waals surface area (Å²) in [5.74, 6) is 0.0948. The van der Waals surface area contributed by atoms with Crippen LogP contribution in [0.2, 0.25) is 0 Å². The Balaban J connectivity index is 2.44. The summed E-state index contributed by atoms with van der Waals surface area (Å²) in [7, 11) is 1.47. The number of amides is 1. The number of rotatable bonds is 2. The van der Waals surface area contributed by atoms with Crippen molar-refractivity contribution in [1.29, 1.82) is 0 Å². The number of oxazole rings is 1. The van der Waals surface area contributed by atoms with Crippen LogP contribution in [0.1, 0.15) is 26.5 Å². The van der Waals surface area contributed by atoms with Crippen LogP contribution in [0.25, 0.3) is 17.0 Å². The van der Waals surface area contributed by atoms with E-state index in [-0.39, 0.29) is 22.4 Å². The molecule has 0 radical (unpaired) electrons. The maximum absolute atomic E-state index is 12.6.